The fourth-order valence-corrected chi connectivity index (χ4v) is 4.14. The van der Waals surface area contributed by atoms with Crippen molar-refractivity contribution in [3.63, 3.8) is 0 Å². The van der Waals surface area contributed by atoms with Gasteiger partial charge in [-0.05, 0) is 12.1 Å². The number of aliphatic imine (C=N–C) groups is 1. The van der Waals surface area contributed by atoms with Crippen molar-refractivity contribution in [1.82, 2.24) is 15.0 Å². The Bertz CT molecular complexity index is 1520. The first-order valence-corrected chi connectivity index (χ1v) is 9.49. The van der Waals surface area contributed by atoms with Crippen molar-refractivity contribution >= 4 is 33.4 Å². The highest BCUT2D eigenvalue weighted by molar-refractivity contribution is 6.33. The molecule has 0 fully saturated rings. The molecule has 6 rings (SSSR count). The van der Waals surface area contributed by atoms with Crippen molar-refractivity contribution in [2.75, 3.05) is 0 Å². The molecule has 0 unspecified atom stereocenters. The molecule has 0 saturated carbocycles. The van der Waals surface area contributed by atoms with Crippen LogP contribution in [0, 0.1) is 0 Å². The Kier molecular flexibility index (Phi) is 3.37. The van der Waals surface area contributed by atoms with Crippen LogP contribution in [-0.4, -0.2) is 31.7 Å². The molecule has 1 aliphatic heterocycles. The number of aromatic amines is 1. The largest absolute Gasteiger partial charge is 0.494 e. The van der Waals surface area contributed by atoms with E-state index in [0.717, 1.165) is 27.4 Å². The highest BCUT2D eigenvalue weighted by Crippen LogP contribution is 2.40. The average Bonchev–Trinajstić information content (AvgIpc) is 3.31. The lowest BCUT2D eigenvalue weighted by molar-refractivity contribution is 0.101. The predicted octanol–water partition coefficient (Wildman–Crippen LogP) is 4.47. The summed E-state index contributed by atoms with van der Waals surface area (Å²) >= 11 is 0. The van der Waals surface area contributed by atoms with Gasteiger partial charge < -0.3 is 10.1 Å². The maximum atomic E-state index is 13.0. The Labute approximate surface area is 170 Å². The maximum absolute atomic E-state index is 13.0. The van der Waals surface area contributed by atoms with E-state index in [4.69, 9.17) is 0 Å². The van der Waals surface area contributed by atoms with E-state index in [-0.39, 0.29) is 5.88 Å². The lowest BCUT2D eigenvalue weighted by Gasteiger charge is -2.05. The van der Waals surface area contributed by atoms with E-state index in [1.54, 1.807) is 12.4 Å². The number of nitrogens with one attached hydrogen (secondary N) is 1. The molecule has 2 aromatic carbocycles. The van der Waals surface area contributed by atoms with E-state index in [0.29, 0.717) is 28.1 Å². The highest BCUT2D eigenvalue weighted by Gasteiger charge is 2.34. The van der Waals surface area contributed by atoms with Crippen molar-refractivity contribution in [3.8, 4) is 17.1 Å². The number of carbonyl (C=O) groups is 1. The molecule has 2 N–H and O–H groups in total. The van der Waals surface area contributed by atoms with Gasteiger partial charge in [0.2, 0.25) is 0 Å². The summed E-state index contributed by atoms with van der Waals surface area (Å²) in [7, 11) is 0. The van der Waals surface area contributed by atoms with Crippen LogP contribution >= 0.6 is 0 Å². The molecule has 6 nitrogen and oxygen atoms in total. The first-order valence-electron chi connectivity index (χ1n) is 9.49. The Morgan fingerprint density at radius 2 is 1.33 bits per heavy atom. The number of carbonyl (C=O) groups excluding carboxylic acids is 1. The molecule has 142 valence electrons. The molecule has 4 heterocycles. The number of hydrogen-bond donors (Lipinski definition) is 2. The van der Waals surface area contributed by atoms with Gasteiger partial charge in [-0.15, -0.1) is 0 Å². The van der Waals surface area contributed by atoms with Gasteiger partial charge >= 0.3 is 0 Å². The zero-order valence-corrected chi connectivity index (χ0v) is 15.6. The molecular formula is C24H14N4O2. The van der Waals surface area contributed by atoms with Crippen LogP contribution in [0.25, 0.3) is 33.1 Å². The number of para-hydroxylation sites is 2. The summed E-state index contributed by atoms with van der Waals surface area (Å²) in [6.07, 6.45) is 3.41. The third-order valence-corrected chi connectivity index (χ3v) is 5.43. The second kappa shape index (κ2) is 6.09. The van der Waals surface area contributed by atoms with Gasteiger partial charge in [-0.3, -0.25) is 14.8 Å². The van der Waals surface area contributed by atoms with Gasteiger partial charge in [-0.25, -0.2) is 4.99 Å². The number of benzene rings is 2. The van der Waals surface area contributed by atoms with Gasteiger partial charge in [0.25, 0.3) is 5.91 Å². The van der Waals surface area contributed by atoms with Gasteiger partial charge in [0, 0.05) is 34.3 Å². The van der Waals surface area contributed by atoms with Gasteiger partial charge in [-0.2, -0.15) is 0 Å². The van der Waals surface area contributed by atoms with Gasteiger partial charge in [0.15, 0.2) is 5.88 Å². The molecule has 0 bridgehead atoms. The van der Waals surface area contributed by atoms with E-state index in [2.05, 4.69) is 19.9 Å². The fourth-order valence-electron chi connectivity index (χ4n) is 4.14. The fraction of sp³-hybridized carbons (Fsp3) is 0. The molecule has 5 aromatic rings. The van der Waals surface area contributed by atoms with E-state index in [1.807, 2.05) is 60.7 Å². The molecule has 0 atom stereocenters. The highest BCUT2D eigenvalue weighted by atomic mass is 16.3. The first-order chi connectivity index (χ1) is 14.7. The lowest BCUT2D eigenvalue weighted by atomic mass is 9.97. The molecule has 6 heteroatoms. The van der Waals surface area contributed by atoms with Crippen LogP contribution in [0.15, 0.2) is 78.0 Å². The second-order valence-corrected chi connectivity index (χ2v) is 7.13. The lowest BCUT2D eigenvalue weighted by Crippen LogP contribution is -2.02. The number of rotatable bonds is 2. The number of nitrogens with zero attached hydrogens (tertiary/aromatic N) is 3. The van der Waals surface area contributed by atoms with Crippen LogP contribution < -0.4 is 0 Å². The SMILES string of the molecule is O=C1N=C(c2cccc3cccnc23)c2c(O)[nH]c(-c3cccc4cccnc34)c21. The third-order valence-electron chi connectivity index (χ3n) is 5.43. The van der Waals surface area contributed by atoms with Crippen LogP contribution in [0.5, 0.6) is 5.88 Å². The Balaban J connectivity index is 1.61. The van der Waals surface area contributed by atoms with Crippen molar-refractivity contribution in [3.05, 3.63) is 89.7 Å². The molecule has 0 spiro atoms. The molecule has 30 heavy (non-hydrogen) atoms. The van der Waals surface area contributed by atoms with Crippen LogP contribution in [0.2, 0.25) is 0 Å². The number of hydrogen-bond acceptors (Lipinski definition) is 4. The summed E-state index contributed by atoms with van der Waals surface area (Å²) in [5, 5.41) is 12.7. The van der Waals surface area contributed by atoms with E-state index in [9.17, 15) is 9.90 Å². The summed E-state index contributed by atoms with van der Waals surface area (Å²) in [4.78, 5) is 29.2. The molecule has 0 aliphatic carbocycles. The summed E-state index contributed by atoms with van der Waals surface area (Å²) in [6.45, 7) is 0. The smallest absolute Gasteiger partial charge is 0.280 e. The molecular weight excluding hydrogens is 376 g/mol. The van der Waals surface area contributed by atoms with Crippen molar-refractivity contribution in [2.24, 2.45) is 4.99 Å². The standard InChI is InChI=1S/C24H14N4O2/c29-23-17-18(22(28-23)16-10-2-6-14-8-4-12-26-20(14)16)24(30)27-21(17)15-9-1-5-13-7-3-11-25-19(13)15/h1-12,27,30H. The molecule has 0 radical (unpaired) electrons. The summed E-state index contributed by atoms with van der Waals surface area (Å²) in [6, 6.07) is 19.1. The summed E-state index contributed by atoms with van der Waals surface area (Å²) in [5.41, 5.74) is 4.62. The maximum Gasteiger partial charge on any atom is 0.280 e. The van der Waals surface area contributed by atoms with Crippen LogP contribution in [-0.2, 0) is 0 Å². The minimum atomic E-state index is -0.396. The van der Waals surface area contributed by atoms with Crippen molar-refractivity contribution < 1.29 is 9.90 Å². The Morgan fingerprint density at radius 3 is 2.03 bits per heavy atom. The number of H-pyrrole nitrogens is 1. The Morgan fingerprint density at radius 1 is 0.733 bits per heavy atom. The molecule has 1 aliphatic rings. The number of amides is 1. The minimum absolute atomic E-state index is 0.0922. The van der Waals surface area contributed by atoms with Crippen LogP contribution in [0.1, 0.15) is 21.5 Å². The van der Waals surface area contributed by atoms with Crippen molar-refractivity contribution in [2.45, 2.75) is 0 Å². The predicted molar refractivity (Wildman–Crippen MR) is 115 cm³/mol. The third kappa shape index (κ3) is 2.24. The average molecular weight is 390 g/mol. The van der Waals surface area contributed by atoms with Crippen LogP contribution in [0.3, 0.4) is 0 Å². The normalized spacial score (nSPS) is 13.1. The van der Waals surface area contributed by atoms with Crippen LogP contribution in [0.4, 0.5) is 0 Å². The first kappa shape index (κ1) is 16.6. The number of pyridine rings is 2. The quantitative estimate of drug-likeness (QED) is 0.465. The molecule has 3 aromatic heterocycles. The van der Waals surface area contributed by atoms with E-state index < -0.39 is 5.91 Å². The number of aromatic nitrogens is 3. The zero-order valence-electron chi connectivity index (χ0n) is 15.6. The second-order valence-electron chi connectivity index (χ2n) is 7.13. The van der Waals surface area contributed by atoms with Gasteiger partial charge in [0.1, 0.15) is 0 Å². The Hall–Kier alpha value is -4.32. The van der Waals surface area contributed by atoms with Gasteiger partial charge in [0.05, 0.1) is 33.6 Å². The number of aromatic hydroxyl groups is 1. The molecule has 0 saturated heterocycles. The van der Waals surface area contributed by atoms with E-state index in [1.165, 1.54) is 0 Å². The number of fused-ring (bicyclic) bond motifs is 3. The topological polar surface area (TPSA) is 91.2 Å². The zero-order chi connectivity index (χ0) is 20.2. The monoisotopic (exact) mass is 390 g/mol. The summed E-state index contributed by atoms with van der Waals surface area (Å²) in [5.74, 6) is -0.488. The molecule has 1 amide bonds. The van der Waals surface area contributed by atoms with E-state index >= 15 is 0 Å². The minimum Gasteiger partial charge on any atom is -0.494 e. The van der Waals surface area contributed by atoms with Gasteiger partial charge in [-0.1, -0.05) is 48.5 Å². The van der Waals surface area contributed by atoms with Crippen molar-refractivity contribution in [1.29, 1.82) is 0 Å². The summed E-state index contributed by atoms with van der Waals surface area (Å²) < 4.78 is 0.